The van der Waals surface area contributed by atoms with E-state index in [1.54, 1.807) is 0 Å². The Morgan fingerprint density at radius 3 is 3.09 bits per heavy atom. The van der Waals surface area contributed by atoms with Crippen LogP contribution in [0, 0.1) is 0 Å². The minimum absolute atomic E-state index is 0.294. The summed E-state index contributed by atoms with van der Waals surface area (Å²) in [5.41, 5.74) is 11.8. The van der Waals surface area contributed by atoms with Crippen molar-refractivity contribution in [1.29, 1.82) is 0 Å². The highest BCUT2D eigenvalue weighted by molar-refractivity contribution is 5.91. The SMILES string of the molecule is C=Cc1[nH]c2cccc3c2c1C[C@@H]1[C@@H]3C[C@H](N)CN1CCC. The molecule has 22 heavy (non-hydrogen) atoms. The third kappa shape index (κ3) is 1.96. The fourth-order valence-electron chi connectivity index (χ4n) is 4.67. The molecule has 0 amide bonds. The molecule has 1 saturated heterocycles. The number of aromatic nitrogens is 1. The molecular weight excluding hydrogens is 270 g/mol. The zero-order valence-corrected chi connectivity index (χ0v) is 13.3. The van der Waals surface area contributed by atoms with Gasteiger partial charge in [-0.15, -0.1) is 0 Å². The monoisotopic (exact) mass is 295 g/mol. The number of nitrogens with one attached hydrogen (secondary N) is 1. The van der Waals surface area contributed by atoms with Crippen molar-refractivity contribution in [3.05, 3.63) is 41.6 Å². The van der Waals surface area contributed by atoms with Gasteiger partial charge in [-0.2, -0.15) is 0 Å². The molecule has 3 nitrogen and oxygen atoms in total. The molecule has 2 aliphatic rings. The molecule has 0 saturated carbocycles. The summed E-state index contributed by atoms with van der Waals surface area (Å²) in [5.74, 6) is 0.569. The van der Waals surface area contributed by atoms with E-state index >= 15 is 0 Å². The Hall–Kier alpha value is -1.58. The van der Waals surface area contributed by atoms with Gasteiger partial charge >= 0.3 is 0 Å². The van der Waals surface area contributed by atoms with Crippen LogP contribution in [0.15, 0.2) is 24.8 Å². The number of aromatic amines is 1. The Labute approximate surface area is 132 Å². The van der Waals surface area contributed by atoms with Crippen molar-refractivity contribution in [1.82, 2.24) is 9.88 Å². The predicted molar refractivity (Wildman–Crippen MR) is 93.1 cm³/mol. The molecule has 1 fully saturated rings. The Kier molecular flexibility index (Phi) is 3.35. The first-order valence-electron chi connectivity index (χ1n) is 8.48. The average Bonchev–Trinajstić information content (AvgIpc) is 2.88. The molecule has 1 aromatic heterocycles. The highest BCUT2D eigenvalue weighted by Crippen LogP contribution is 2.44. The average molecular weight is 295 g/mol. The van der Waals surface area contributed by atoms with Crippen molar-refractivity contribution in [2.75, 3.05) is 13.1 Å². The molecule has 3 atom stereocenters. The summed E-state index contributed by atoms with van der Waals surface area (Å²) >= 11 is 0. The first kappa shape index (κ1) is 14.0. The van der Waals surface area contributed by atoms with E-state index in [9.17, 15) is 0 Å². The standard InChI is InChI=1S/C19H25N3/c1-3-8-22-11-12(20)9-14-13-6-5-7-17-19(13)15(10-18(14)22)16(4-2)21-17/h4-7,12,14,18,21H,2-3,8-11,20H2,1H3/t12-,14+,18+/m0/s1. The van der Waals surface area contributed by atoms with Gasteiger partial charge in [0, 0.05) is 41.1 Å². The number of nitrogens with two attached hydrogens (primary N) is 1. The van der Waals surface area contributed by atoms with E-state index in [2.05, 4.69) is 41.6 Å². The van der Waals surface area contributed by atoms with Gasteiger partial charge in [0.15, 0.2) is 0 Å². The molecule has 1 aromatic carbocycles. The van der Waals surface area contributed by atoms with E-state index in [0.717, 1.165) is 25.9 Å². The van der Waals surface area contributed by atoms with Crippen LogP contribution in [0.1, 0.15) is 42.5 Å². The van der Waals surface area contributed by atoms with Crippen molar-refractivity contribution < 1.29 is 0 Å². The summed E-state index contributed by atoms with van der Waals surface area (Å²) < 4.78 is 0. The maximum Gasteiger partial charge on any atom is 0.0464 e. The van der Waals surface area contributed by atoms with Crippen molar-refractivity contribution in [2.24, 2.45) is 5.73 Å². The van der Waals surface area contributed by atoms with Crippen molar-refractivity contribution in [3.8, 4) is 0 Å². The van der Waals surface area contributed by atoms with Crippen LogP contribution in [0.25, 0.3) is 17.0 Å². The lowest BCUT2D eigenvalue weighted by Crippen LogP contribution is -2.54. The number of likely N-dealkylation sites (tertiary alicyclic amines) is 1. The summed E-state index contributed by atoms with van der Waals surface area (Å²) in [4.78, 5) is 6.17. The smallest absolute Gasteiger partial charge is 0.0464 e. The summed E-state index contributed by atoms with van der Waals surface area (Å²) in [7, 11) is 0. The van der Waals surface area contributed by atoms with E-state index in [1.807, 2.05) is 6.08 Å². The van der Waals surface area contributed by atoms with Crippen LogP contribution in [-0.4, -0.2) is 35.1 Å². The van der Waals surface area contributed by atoms with Crippen LogP contribution < -0.4 is 5.73 Å². The van der Waals surface area contributed by atoms with Crippen molar-refractivity contribution in [2.45, 2.75) is 44.2 Å². The van der Waals surface area contributed by atoms with Crippen LogP contribution in [-0.2, 0) is 6.42 Å². The second-order valence-electron chi connectivity index (χ2n) is 6.86. The summed E-state index contributed by atoms with van der Waals surface area (Å²) in [6.45, 7) is 8.44. The summed E-state index contributed by atoms with van der Waals surface area (Å²) in [6.07, 6.45) is 5.39. The Bertz CT molecular complexity index is 715. The number of fused-ring (bicyclic) bond motifs is 2. The van der Waals surface area contributed by atoms with E-state index in [4.69, 9.17) is 5.73 Å². The van der Waals surface area contributed by atoms with Crippen molar-refractivity contribution >= 4 is 17.0 Å². The van der Waals surface area contributed by atoms with Gasteiger partial charge in [0.2, 0.25) is 0 Å². The van der Waals surface area contributed by atoms with Gasteiger partial charge < -0.3 is 10.7 Å². The first-order valence-corrected chi connectivity index (χ1v) is 8.48. The zero-order valence-electron chi connectivity index (χ0n) is 13.3. The van der Waals surface area contributed by atoms with Crippen LogP contribution in [0.5, 0.6) is 0 Å². The minimum atomic E-state index is 0.294. The molecule has 0 radical (unpaired) electrons. The van der Waals surface area contributed by atoms with E-state index in [-0.39, 0.29) is 0 Å². The Morgan fingerprint density at radius 1 is 1.45 bits per heavy atom. The molecular formula is C19H25N3. The normalized spacial score (nSPS) is 27.8. The maximum atomic E-state index is 6.38. The summed E-state index contributed by atoms with van der Waals surface area (Å²) in [5, 5.41) is 1.43. The van der Waals surface area contributed by atoms with Crippen LogP contribution in [0.3, 0.4) is 0 Å². The third-order valence-electron chi connectivity index (χ3n) is 5.48. The largest absolute Gasteiger partial charge is 0.355 e. The number of rotatable bonds is 3. The molecule has 2 aromatic rings. The van der Waals surface area contributed by atoms with Crippen LogP contribution in [0.4, 0.5) is 0 Å². The molecule has 2 heterocycles. The third-order valence-corrected chi connectivity index (χ3v) is 5.48. The highest BCUT2D eigenvalue weighted by Gasteiger charge is 2.40. The van der Waals surface area contributed by atoms with Crippen molar-refractivity contribution in [3.63, 3.8) is 0 Å². The lowest BCUT2D eigenvalue weighted by molar-refractivity contribution is 0.110. The Morgan fingerprint density at radius 2 is 2.32 bits per heavy atom. The molecule has 3 heteroatoms. The Balaban J connectivity index is 1.87. The molecule has 1 aliphatic carbocycles. The molecule has 1 aliphatic heterocycles. The van der Waals surface area contributed by atoms with Gasteiger partial charge in [-0.3, -0.25) is 4.90 Å². The van der Waals surface area contributed by atoms with Crippen LogP contribution >= 0.6 is 0 Å². The predicted octanol–water partition coefficient (Wildman–Crippen LogP) is 3.26. The molecule has 116 valence electrons. The topological polar surface area (TPSA) is 45.1 Å². The number of nitrogens with zero attached hydrogens (tertiary/aromatic N) is 1. The van der Waals surface area contributed by atoms with E-state index in [1.165, 1.54) is 34.1 Å². The van der Waals surface area contributed by atoms with Gasteiger partial charge in [-0.1, -0.05) is 25.6 Å². The number of H-pyrrole nitrogens is 1. The fourth-order valence-corrected chi connectivity index (χ4v) is 4.67. The highest BCUT2D eigenvalue weighted by atomic mass is 15.2. The number of piperidine rings is 1. The molecule has 0 unspecified atom stereocenters. The second-order valence-corrected chi connectivity index (χ2v) is 6.86. The first-order chi connectivity index (χ1) is 10.7. The van der Waals surface area contributed by atoms with E-state index in [0.29, 0.717) is 18.0 Å². The van der Waals surface area contributed by atoms with Gasteiger partial charge in [-0.05, 0) is 49.1 Å². The quantitative estimate of drug-likeness (QED) is 0.913. The zero-order chi connectivity index (χ0) is 15.3. The minimum Gasteiger partial charge on any atom is -0.355 e. The fraction of sp³-hybridized carbons (Fsp3) is 0.474. The van der Waals surface area contributed by atoms with Gasteiger partial charge in [-0.25, -0.2) is 0 Å². The lowest BCUT2D eigenvalue weighted by Gasteiger charge is -2.46. The van der Waals surface area contributed by atoms with Gasteiger partial charge in [0.05, 0.1) is 0 Å². The molecule has 0 spiro atoms. The lowest BCUT2D eigenvalue weighted by atomic mass is 9.73. The maximum absolute atomic E-state index is 6.38. The second kappa shape index (κ2) is 5.25. The number of benzene rings is 1. The molecule has 4 rings (SSSR count). The summed E-state index contributed by atoms with van der Waals surface area (Å²) in [6, 6.07) is 7.56. The van der Waals surface area contributed by atoms with Gasteiger partial charge in [0.1, 0.15) is 0 Å². The van der Waals surface area contributed by atoms with Crippen LogP contribution in [0.2, 0.25) is 0 Å². The van der Waals surface area contributed by atoms with Gasteiger partial charge in [0.25, 0.3) is 0 Å². The molecule has 0 bridgehead atoms. The number of hydrogen-bond acceptors (Lipinski definition) is 2. The number of hydrogen-bond donors (Lipinski definition) is 2. The molecule has 3 N–H and O–H groups in total. The van der Waals surface area contributed by atoms with E-state index < -0.39 is 0 Å².